The summed E-state index contributed by atoms with van der Waals surface area (Å²) in [5, 5.41) is 17.4. The number of nitrogen functional groups attached to an aromatic ring is 1. The van der Waals surface area contributed by atoms with Crippen LogP contribution >= 0.6 is 11.3 Å². The van der Waals surface area contributed by atoms with Gasteiger partial charge in [0.05, 0.1) is 17.2 Å². The van der Waals surface area contributed by atoms with Crippen LogP contribution in [0.25, 0.3) is 10.6 Å². The Bertz CT molecular complexity index is 973. The molecule has 152 valence electrons. The summed E-state index contributed by atoms with van der Waals surface area (Å²) >= 11 is 1.81. The molecule has 3 aromatic heterocycles. The summed E-state index contributed by atoms with van der Waals surface area (Å²) in [6.45, 7) is 5.83. The molecule has 8 heteroatoms. The van der Waals surface area contributed by atoms with Gasteiger partial charge >= 0.3 is 0 Å². The fourth-order valence-corrected chi connectivity index (χ4v) is 5.94. The van der Waals surface area contributed by atoms with Gasteiger partial charge in [0.25, 0.3) is 0 Å². The van der Waals surface area contributed by atoms with Crippen LogP contribution in [0.5, 0.6) is 0 Å². The molecular formula is C21H26N6OS. The normalized spacial score (nSPS) is 24.9. The summed E-state index contributed by atoms with van der Waals surface area (Å²) in [4.78, 5) is 11.7. The molecule has 0 spiro atoms. The Morgan fingerprint density at radius 2 is 1.97 bits per heavy atom. The van der Waals surface area contributed by atoms with Crippen molar-refractivity contribution in [3.05, 3.63) is 53.2 Å². The van der Waals surface area contributed by atoms with Crippen molar-refractivity contribution in [1.82, 2.24) is 25.0 Å². The number of H-pyrrole nitrogens is 1. The zero-order valence-electron chi connectivity index (χ0n) is 16.3. The summed E-state index contributed by atoms with van der Waals surface area (Å²) in [5.41, 5.74) is 8.12. The molecule has 2 atom stereocenters. The molecule has 3 aromatic rings. The second kappa shape index (κ2) is 7.53. The molecule has 2 saturated heterocycles. The van der Waals surface area contributed by atoms with E-state index in [-0.39, 0.29) is 12.0 Å². The van der Waals surface area contributed by atoms with Crippen LogP contribution in [0.1, 0.15) is 10.4 Å². The van der Waals surface area contributed by atoms with E-state index in [0.717, 1.165) is 50.5 Å². The predicted octanol–water partition coefficient (Wildman–Crippen LogP) is 2.04. The first-order chi connectivity index (χ1) is 14.1. The van der Waals surface area contributed by atoms with Crippen molar-refractivity contribution in [3.8, 4) is 10.6 Å². The highest BCUT2D eigenvalue weighted by Gasteiger charge is 2.51. The molecule has 5 heterocycles. The first-order valence-corrected chi connectivity index (χ1v) is 10.8. The quantitative estimate of drug-likeness (QED) is 0.576. The Balaban J connectivity index is 1.23. The van der Waals surface area contributed by atoms with E-state index in [2.05, 4.69) is 37.1 Å². The summed E-state index contributed by atoms with van der Waals surface area (Å²) < 4.78 is 0. The van der Waals surface area contributed by atoms with Crippen molar-refractivity contribution in [3.63, 3.8) is 0 Å². The maximum Gasteiger partial charge on any atom is 0.127 e. The van der Waals surface area contributed by atoms with Crippen molar-refractivity contribution in [2.45, 2.75) is 13.1 Å². The van der Waals surface area contributed by atoms with Gasteiger partial charge in [-0.15, -0.1) is 11.3 Å². The zero-order valence-corrected chi connectivity index (χ0v) is 17.1. The summed E-state index contributed by atoms with van der Waals surface area (Å²) in [5.74, 6) is 1.09. The van der Waals surface area contributed by atoms with Gasteiger partial charge in [0.2, 0.25) is 0 Å². The molecule has 0 amide bonds. The fraction of sp³-hybridized carbons (Fsp3) is 0.429. The summed E-state index contributed by atoms with van der Waals surface area (Å²) in [6, 6.07) is 10.3. The third kappa shape index (κ3) is 3.57. The third-order valence-electron chi connectivity index (χ3n) is 6.34. The fourth-order valence-electron chi connectivity index (χ4n) is 4.91. The number of aliphatic hydroxyl groups excluding tert-OH is 1. The van der Waals surface area contributed by atoms with Gasteiger partial charge in [-0.3, -0.25) is 14.9 Å². The van der Waals surface area contributed by atoms with Gasteiger partial charge in [-0.2, -0.15) is 5.10 Å². The van der Waals surface area contributed by atoms with Gasteiger partial charge in [-0.25, -0.2) is 4.98 Å². The van der Waals surface area contributed by atoms with Crippen molar-refractivity contribution < 1.29 is 5.11 Å². The molecule has 2 unspecified atom stereocenters. The van der Waals surface area contributed by atoms with Crippen LogP contribution in [0.4, 0.5) is 5.82 Å². The van der Waals surface area contributed by atoms with Gasteiger partial charge in [-0.1, -0.05) is 6.07 Å². The summed E-state index contributed by atoms with van der Waals surface area (Å²) in [6.07, 6.45) is 3.51. The van der Waals surface area contributed by atoms with Crippen LogP contribution in [-0.4, -0.2) is 62.9 Å². The number of nitrogens with two attached hydrogens (primary N) is 1. The molecule has 4 N–H and O–H groups in total. The number of rotatable bonds is 6. The summed E-state index contributed by atoms with van der Waals surface area (Å²) in [7, 11) is 0. The Morgan fingerprint density at radius 1 is 1.14 bits per heavy atom. The number of anilines is 1. The Hall–Kier alpha value is -2.26. The lowest BCUT2D eigenvalue weighted by Crippen LogP contribution is -2.36. The number of fused-ring (bicyclic) bond motifs is 1. The van der Waals surface area contributed by atoms with Crippen LogP contribution in [0.3, 0.4) is 0 Å². The lowest BCUT2D eigenvalue weighted by Gasteiger charge is -2.27. The Kier molecular flexibility index (Phi) is 4.87. The molecule has 0 bridgehead atoms. The minimum atomic E-state index is -0.0412. The Morgan fingerprint density at radius 3 is 2.66 bits per heavy atom. The Labute approximate surface area is 174 Å². The van der Waals surface area contributed by atoms with Crippen LogP contribution in [-0.2, 0) is 13.1 Å². The van der Waals surface area contributed by atoms with E-state index in [0.29, 0.717) is 11.7 Å². The number of nitrogens with one attached hydrogen (secondary N) is 1. The number of aromatic nitrogens is 3. The topological polar surface area (TPSA) is 94.3 Å². The molecule has 7 nitrogen and oxygen atoms in total. The monoisotopic (exact) mass is 410 g/mol. The van der Waals surface area contributed by atoms with E-state index in [9.17, 15) is 5.11 Å². The number of aromatic amines is 1. The maximum absolute atomic E-state index is 10.3. The number of nitrogens with zero attached hydrogens (tertiary/aromatic N) is 4. The second-order valence-electron chi connectivity index (χ2n) is 8.34. The maximum atomic E-state index is 10.3. The number of hydrogen-bond acceptors (Lipinski definition) is 7. The lowest BCUT2D eigenvalue weighted by molar-refractivity contribution is 0.111. The van der Waals surface area contributed by atoms with E-state index in [4.69, 9.17) is 5.73 Å². The number of aliphatic hydroxyl groups is 1. The number of thiophene rings is 1. The van der Waals surface area contributed by atoms with Crippen molar-refractivity contribution >= 4 is 17.2 Å². The minimum Gasteiger partial charge on any atom is -0.396 e. The molecule has 0 aliphatic carbocycles. The van der Waals surface area contributed by atoms with Gasteiger partial charge in [0.15, 0.2) is 0 Å². The average Bonchev–Trinajstić information content (AvgIpc) is 3.47. The van der Waals surface area contributed by atoms with E-state index in [1.807, 2.05) is 29.5 Å². The van der Waals surface area contributed by atoms with Crippen molar-refractivity contribution in [1.29, 1.82) is 0 Å². The highest BCUT2D eigenvalue weighted by molar-refractivity contribution is 7.15. The SMILES string of the molecule is Nc1ncccc1CN1CC2CN(Cc3ccc(-c4ccn[nH]4)s3)CC2(CO)C1. The predicted molar refractivity (Wildman–Crippen MR) is 114 cm³/mol. The van der Waals surface area contributed by atoms with Gasteiger partial charge in [0, 0.05) is 67.5 Å². The number of likely N-dealkylation sites (tertiary alicyclic amines) is 2. The van der Waals surface area contributed by atoms with Crippen LogP contribution in [0, 0.1) is 11.3 Å². The molecule has 0 aromatic carbocycles. The third-order valence-corrected chi connectivity index (χ3v) is 7.45. The highest BCUT2D eigenvalue weighted by Crippen LogP contribution is 2.43. The van der Waals surface area contributed by atoms with Crippen molar-refractivity contribution in [2.24, 2.45) is 11.3 Å². The molecule has 2 fully saturated rings. The second-order valence-corrected chi connectivity index (χ2v) is 9.51. The number of hydrogen-bond donors (Lipinski definition) is 3. The average molecular weight is 411 g/mol. The molecule has 29 heavy (non-hydrogen) atoms. The first-order valence-electron chi connectivity index (χ1n) is 9.99. The van der Waals surface area contributed by atoms with E-state index >= 15 is 0 Å². The van der Waals surface area contributed by atoms with E-state index in [1.165, 1.54) is 9.75 Å². The zero-order chi connectivity index (χ0) is 19.8. The van der Waals surface area contributed by atoms with E-state index < -0.39 is 0 Å². The molecule has 2 aliphatic heterocycles. The van der Waals surface area contributed by atoms with Gasteiger partial charge in [0.1, 0.15) is 5.82 Å². The minimum absolute atomic E-state index is 0.0412. The van der Waals surface area contributed by atoms with E-state index in [1.54, 1.807) is 12.4 Å². The molecule has 5 rings (SSSR count). The molecule has 0 saturated carbocycles. The van der Waals surface area contributed by atoms with Crippen molar-refractivity contribution in [2.75, 3.05) is 38.5 Å². The smallest absolute Gasteiger partial charge is 0.127 e. The largest absolute Gasteiger partial charge is 0.396 e. The lowest BCUT2D eigenvalue weighted by atomic mass is 9.82. The van der Waals surface area contributed by atoms with Gasteiger partial charge < -0.3 is 10.8 Å². The standard InChI is InChI=1S/C21H26N6OS/c22-20-15(2-1-6-23-20)8-26-9-16-10-27(13-21(16,12-26)14-28)11-17-3-4-19(29-17)18-5-7-24-25-18/h1-7,16,28H,8-14H2,(H2,22,23)(H,24,25). The first kappa shape index (κ1) is 18.7. The molecular weight excluding hydrogens is 384 g/mol. The molecule has 0 radical (unpaired) electrons. The van der Waals surface area contributed by atoms with Gasteiger partial charge in [-0.05, 0) is 30.2 Å². The van der Waals surface area contributed by atoms with Crippen LogP contribution < -0.4 is 5.73 Å². The van der Waals surface area contributed by atoms with Crippen LogP contribution in [0.15, 0.2) is 42.7 Å². The number of pyridine rings is 1. The van der Waals surface area contributed by atoms with Crippen LogP contribution in [0.2, 0.25) is 0 Å². The highest BCUT2D eigenvalue weighted by atomic mass is 32.1. The molecule has 2 aliphatic rings.